The number of benzene rings is 1. The van der Waals surface area contributed by atoms with Gasteiger partial charge in [-0.15, -0.1) is 11.3 Å². The van der Waals surface area contributed by atoms with Crippen molar-refractivity contribution in [2.24, 2.45) is 0 Å². The molecule has 1 aromatic carbocycles. The highest BCUT2D eigenvalue weighted by molar-refractivity contribution is 9.10. The maximum Gasteiger partial charge on any atom is 0.261 e. The quantitative estimate of drug-likeness (QED) is 0.744. The molecule has 0 unspecified atom stereocenters. The van der Waals surface area contributed by atoms with Crippen LogP contribution in [0.5, 0.6) is 0 Å². The van der Waals surface area contributed by atoms with Gasteiger partial charge in [-0.05, 0) is 58.4 Å². The Kier molecular flexibility index (Phi) is 6.15. The highest BCUT2D eigenvalue weighted by atomic mass is 79.9. The molecule has 22 heavy (non-hydrogen) atoms. The van der Waals surface area contributed by atoms with Crippen LogP contribution in [0.4, 0.5) is 5.69 Å². The van der Waals surface area contributed by atoms with E-state index in [1.54, 1.807) is 6.07 Å². The van der Waals surface area contributed by atoms with Gasteiger partial charge in [-0.25, -0.2) is 0 Å². The number of carbonyl (C=O) groups excluding carboxylic acids is 2. The van der Waals surface area contributed by atoms with Crippen LogP contribution in [0.15, 0.2) is 40.2 Å². The van der Waals surface area contributed by atoms with E-state index in [1.165, 1.54) is 11.3 Å². The molecule has 0 aliphatic carbocycles. The van der Waals surface area contributed by atoms with Gasteiger partial charge in [0.05, 0.1) is 10.6 Å². The number of halogens is 1. The van der Waals surface area contributed by atoms with Crippen molar-refractivity contribution in [1.29, 1.82) is 0 Å². The lowest BCUT2D eigenvalue weighted by atomic mass is 10.2. The molecule has 1 aromatic heterocycles. The summed E-state index contributed by atoms with van der Waals surface area (Å²) in [5.41, 5.74) is 1.89. The Morgan fingerprint density at radius 3 is 2.77 bits per heavy atom. The summed E-state index contributed by atoms with van der Waals surface area (Å²) < 4.78 is 0.867. The van der Waals surface area contributed by atoms with Gasteiger partial charge in [0, 0.05) is 17.4 Å². The third-order valence-corrected chi connectivity index (χ3v) is 4.53. The summed E-state index contributed by atoms with van der Waals surface area (Å²) in [5, 5.41) is 7.52. The number of carbonyl (C=O) groups is 2. The Morgan fingerprint density at radius 2 is 2.09 bits per heavy atom. The molecule has 116 valence electrons. The summed E-state index contributed by atoms with van der Waals surface area (Å²) in [5.74, 6) is -0.147. The summed E-state index contributed by atoms with van der Waals surface area (Å²) in [7, 11) is 0. The van der Waals surface area contributed by atoms with Crippen LogP contribution in [-0.2, 0) is 4.79 Å². The molecule has 0 bridgehead atoms. The average molecular weight is 381 g/mol. The average Bonchev–Trinajstić information content (AvgIpc) is 3.01. The standard InChI is InChI=1S/C16H17BrN2O2S/c1-11-6-7-13(12(17)10-11)19-15(20)5-2-8-18-16(21)14-4-3-9-22-14/h3-4,6-7,9-10H,2,5,8H2,1H3,(H,18,21)(H,19,20). The first-order chi connectivity index (χ1) is 10.6. The fraction of sp³-hybridized carbons (Fsp3) is 0.250. The monoisotopic (exact) mass is 380 g/mol. The second-order valence-electron chi connectivity index (χ2n) is 4.87. The molecule has 2 N–H and O–H groups in total. The molecule has 2 rings (SSSR count). The van der Waals surface area contributed by atoms with Gasteiger partial charge in [0.25, 0.3) is 5.91 Å². The molecule has 0 aliphatic rings. The fourth-order valence-electron chi connectivity index (χ4n) is 1.88. The Labute approximate surface area is 142 Å². The number of aryl methyl sites for hydroxylation is 1. The van der Waals surface area contributed by atoms with E-state index in [2.05, 4.69) is 26.6 Å². The first-order valence-electron chi connectivity index (χ1n) is 6.94. The third-order valence-electron chi connectivity index (χ3n) is 3.01. The second-order valence-corrected chi connectivity index (χ2v) is 6.67. The highest BCUT2D eigenvalue weighted by Crippen LogP contribution is 2.23. The van der Waals surface area contributed by atoms with Gasteiger partial charge in [-0.1, -0.05) is 12.1 Å². The first-order valence-corrected chi connectivity index (χ1v) is 8.61. The SMILES string of the molecule is Cc1ccc(NC(=O)CCCNC(=O)c2cccs2)c(Br)c1. The van der Waals surface area contributed by atoms with Crippen LogP contribution in [0.25, 0.3) is 0 Å². The highest BCUT2D eigenvalue weighted by Gasteiger charge is 2.08. The van der Waals surface area contributed by atoms with Crippen LogP contribution in [0, 0.1) is 6.92 Å². The van der Waals surface area contributed by atoms with Gasteiger partial charge in [-0.2, -0.15) is 0 Å². The molecular weight excluding hydrogens is 364 g/mol. The van der Waals surface area contributed by atoms with Crippen LogP contribution >= 0.6 is 27.3 Å². The van der Waals surface area contributed by atoms with Crippen molar-refractivity contribution in [2.45, 2.75) is 19.8 Å². The molecule has 0 saturated heterocycles. The maximum atomic E-state index is 11.9. The smallest absolute Gasteiger partial charge is 0.261 e. The third kappa shape index (κ3) is 4.96. The number of thiophene rings is 1. The van der Waals surface area contributed by atoms with E-state index in [4.69, 9.17) is 0 Å². The van der Waals surface area contributed by atoms with E-state index in [-0.39, 0.29) is 11.8 Å². The molecule has 4 nitrogen and oxygen atoms in total. The van der Waals surface area contributed by atoms with Crippen molar-refractivity contribution in [3.8, 4) is 0 Å². The predicted molar refractivity (Wildman–Crippen MR) is 93.4 cm³/mol. The lowest BCUT2D eigenvalue weighted by Crippen LogP contribution is -2.24. The molecule has 0 fully saturated rings. The molecule has 0 aliphatic heterocycles. The summed E-state index contributed by atoms with van der Waals surface area (Å²) in [6.45, 7) is 2.48. The van der Waals surface area contributed by atoms with Gasteiger partial charge >= 0.3 is 0 Å². The predicted octanol–water partition coefficient (Wildman–Crippen LogP) is 3.97. The molecule has 0 saturated carbocycles. The van der Waals surface area contributed by atoms with Crippen LogP contribution in [0.1, 0.15) is 28.1 Å². The van der Waals surface area contributed by atoms with Gasteiger partial charge < -0.3 is 10.6 Å². The minimum absolute atomic E-state index is 0.0603. The summed E-state index contributed by atoms with van der Waals surface area (Å²) in [6, 6.07) is 9.39. The summed E-state index contributed by atoms with van der Waals surface area (Å²) in [6.07, 6.45) is 0.970. The molecule has 0 radical (unpaired) electrons. The van der Waals surface area contributed by atoms with Crippen LogP contribution in [0.3, 0.4) is 0 Å². The van der Waals surface area contributed by atoms with Gasteiger partial charge in [0.2, 0.25) is 5.91 Å². The largest absolute Gasteiger partial charge is 0.351 e. The Morgan fingerprint density at radius 1 is 1.27 bits per heavy atom. The Hall–Kier alpha value is -1.66. The van der Waals surface area contributed by atoms with Crippen LogP contribution < -0.4 is 10.6 Å². The van der Waals surface area contributed by atoms with E-state index >= 15 is 0 Å². The van der Waals surface area contributed by atoms with Gasteiger partial charge in [0.1, 0.15) is 0 Å². The van der Waals surface area contributed by atoms with Crippen molar-refractivity contribution < 1.29 is 9.59 Å². The number of hydrogen-bond donors (Lipinski definition) is 2. The number of anilines is 1. The zero-order valence-corrected chi connectivity index (χ0v) is 14.6. The van der Waals surface area contributed by atoms with Crippen molar-refractivity contribution in [1.82, 2.24) is 5.32 Å². The van der Waals surface area contributed by atoms with E-state index in [1.807, 2.05) is 36.6 Å². The molecule has 0 spiro atoms. The fourth-order valence-corrected chi connectivity index (χ4v) is 3.11. The number of nitrogens with one attached hydrogen (secondary N) is 2. The van der Waals surface area contributed by atoms with Crippen LogP contribution in [0.2, 0.25) is 0 Å². The normalized spacial score (nSPS) is 10.3. The van der Waals surface area contributed by atoms with Crippen molar-refractivity contribution in [3.63, 3.8) is 0 Å². The van der Waals surface area contributed by atoms with E-state index in [9.17, 15) is 9.59 Å². The van der Waals surface area contributed by atoms with E-state index in [0.29, 0.717) is 24.3 Å². The van der Waals surface area contributed by atoms with Gasteiger partial charge in [0.15, 0.2) is 0 Å². The summed E-state index contributed by atoms with van der Waals surface area (Å²) in [4.78, 5) is 24.3. The van der Waals surface area contributed by atoms with E-state index in [0.717, 1.165) is 15.7 Å². The number of rotatable bonds is 6. The van der Waals surface area contributed by atoms with Crippen molar-refractivity contribution in [3.05, 3.63) is 50.6 Å². The molecule has 6 heteroatoms. The van der Waals surface area contributed by atoms with Crippen molar-refractivity contribution in [2.75, 3.05) is 11.9 Å². The first kappa shape index (κ1) is 16.7. The molecular formula is C16H17BrN2O2S. The molecule has 2 amide bonds. The molecule has 1 heterocycles. The zero-order valence-electron chi connectivity index (χ0n) is 12.2. The van der Waals surface area contributed by atoms with Crippen molar-refractivity contribution >= 4 is 44.8 Å². The number of amides is 2. The van der Waals surface area contributed by atoms with Gasteiger partial charge in [-0.3, -0.25) is 9.59 Å². The van der Waals surface area contributed by atoms with Crippen LogP contribution in [-0.4, -0.2) is 18.4 Å². The minimum Gasteiger partial charge on any atom is -0.351 e. The maximum absolute atomic E-state index is 11.9. The molecule has 2 aromatic rings. The Balaban J connectivity index is 1.71. The summed E-state index contributed by atoms with van der Waals surface area (Å²) >= 11 is 4.83. The lowest BCUT2D eigenvalue weighted by Gasteiger charge is -2.08. The Bertz CT molecular complexity index is 656. The number of hydrogen-bond acceptors (Lipinski definition) is 3. The zero-order chi connectivity index (χ0) is 15.9. The molecule has 0 atom stereocenters. The van der Waals surface area contributed by atoms with E-state index < -0.39 is 0 Å². The lowest BCUT2D eigenvalue weighted by molar-refractivity contribution is -0.116. The second kappa shape index (κ2) is 8.10. The minimum atomic E-state index is -0.0864. The topological polar surface area (TPSA) is 58.2 Å².